The zero-order chi connectivity index (χ0) is 10.7. The molecule has 15 heavy (non-hydrogen) atoms. The van der Waals surface area contributed by atoms with Crippen LogP contribution in [-0.4, -0.2) is 48.6 Å². The van der Waals surface area contributed by atoms with Crippen LogP contribution < -0.4 is 0 Å². The predicted octanol–water partition coefficient (Wildman–Crippen LogP) is 2.65. The highest BCUT2D eigenvalue weighted by molar-refractivity contribution is 8.22. The highest BCUT2D eigenvalue weighted by atomic mass is 32.2. The molecular weight excluding hydrogens is 284 g/mol. The third-order valence-corrected chi connectivity index (χ3v) is 9.74. The van der Waals surface area contributed by atoms with E-state index in [1.54, 1.807) is 0 Å². The minimum absolute atomic E-state index is 0.346. The molecule has 1 nitrogen and oxygen atoms in total. The van der Waals surface area contributed by atoms with Crippen LogP contribution >= 0.6 is 59.7 Å². The summed E-state index contributed by atoms with van der Waals surface area (Å²) in [6.07, 6.45) is 1.28. The van der Waals surface area contributed by atoms with Crippen molar-refractivity contribution in [2.24, 2.45) is 0 Å². The average molecular weight is 301 g/mol. The summed E-state index contributed by atoms with van der Waals surface area (Å²) in [5.74, 6) is 3.41. The number of aliphatic hydroxyl groups excluding tert-OH is 1. The first kappa shape index (κ1) is 13.1. The van der Waals surface area contributed by atoms with Crippen molar-refractivity contribution < 1.29 is 5.11 Å². The summed E-state index contributed by atoms with van der Waals surface area (Å²) in [5, 5.41) is 10.3. The highest BCUT2D eigenvalue weighted by Crippen LogP contribution is 2.47. The predicted molar refractivity (Wildman–Crippen MR) is 80.8 cm³/mol. The van der Waals surface area contributed by atoms with E-state index in [1.807, 2.05) is 23.5 Å². The molecule has 2 rings (SSSR count). The largest absolute Gasteiger partial charge is 0.395 e. The van der Waals surface area contributed by atoms with E-state index < -0.39 is 0 Å². The summed E-state index contributed by atoms with van der Waals surface area (Å²) in [7, 11) is 0. The Hall–Kier alpha value is 1.71. The summed E-state index contributed by atoms with van der Waals surface area (Å²) in [5.41, 5.74) is 0. The molecule has 0 aromatic carbocycles. The number of aliphatic hydroxyl groups is 1. The Kier molecular flexibility index (Phi) is 5.78. The average Bonchev–Trinajstić information content (AvgIpc) is 2.87. The van der Waals surface area contributed by atoms with Gasteiger partial charge in [-0.1, -0.05) is 0 Å². The lowest BCUT2D eigenvalue weighted by Crippen LogP contribution is -2.07. The molecule has 2 aliphatic rings. The minimum Gasteiger partial charge on any atom is -0.395 e. The molecule has 4 unspecified atom stereocenters. The number of hydrogen-bond donors (Lipinski definition) is 2. The summed E-state index contributed by atoms with van der Waals surface area (Å²) in [4.78, 5) is 0. The number of thioether (sulfide) groups is 4. The van der Waals surface area contributed by atoms with Crippen molar-refractivity contribution in [3.05, 3.63) is 0 Å². The quantitative estimate of drug-likeness (QED) is 0.776. The summed E-state index contributed by atoms with van der Waals surface area (Å²) in [6, 6.07) is 0. The van der Waals surface area contributed by atoms with Crippen LogP contribution in [0.1, 0.15) is 6.42 Å². The van der Waals surface area contributed by atoms with Gasteiger partial charge < -0.3 is 5.11 Å². The van der Waals surface area contributed by atoms with Gasteiger partial charge in [-0.05, 0) is 6.42 Å². The molecule has 2 heterocycles. The van der Waals surface area contributed by atoms with Gasteiger partial charge in [-0.15, -0.1) is 47.0 Å². The lowest BCUT2D eigenvalue weighted by Gasteiger charge is -2.13. The van der Waals surface area contributed by atoms with Gasteiger partial charge in [-0.25, -0.2) is 0 Å². The van der Waals surface area contributed by atoms with Gasteiger partial charge in [0.15, 0.2) is 0 Å². The van der Waals surface area contributed by atoms with E-state index in [0.29, 0.717) is 16.4 Å². The summed E-state index contributed by atoms with van der Waals surface area (Å²) >= 11 is 12.6. The first-order valence-corrected chi connectivity index (χ1v) is 9.69. The van der Waals surface area contributed by atoms with Gasteiger partial charge in [-0.3, -0.25) is 0 Å². The Morgan fingerprint density at radius 1 is 1.07 bits per heavy atom. The fourth-order valence-corrected chi connectivity index (χ4v) is 9.18. The van der Waals surface area contributed by atoms with Crippen molar-refractivity contribution in [3.63, 3.8) is 0 Å². The van der Waals surface area contributed by atoms with Crippen molar-refractivity contribution in [1.82, 2.24) is 0 Å². The normalized spacial score (nSPS) is 41.2. The molecule has 0 amide bonds. The standard InChI is InChI=1S/C9H16OS5/c10-2-6-4-12-8(14-6)1-9-13-5-7(3-11)15-9/h6-11H,1-5H2. The second kappa shape index (κ2) is 6.59. The van der Waals surface area contributed by atoms with E-state index in [4.69, 9.17) is 5.11 Å². The molecule has 0 bridgehead atoms. The Morgan fingerprint density at radius 2 is 1.67 bits per heavy atom. The van der Waals surface area contributed by atoms with Crippen LogP contribution in [0.25, 0.3) is 0 Å². The third kappa shape index (κ3) is 3.85. The molecule has 0 aromatic heterocycles. The molecular formula is C9H16OS5. The number of thiol groups is 1. The van der Waals surface area contributed by atoms with Gasteiger partial charge in [0, 0.05) is 27.8 Å². The monoisotopic (exact) mass is 300 g/mol. The third-order valence-electron chi connectivity index (χ3n) is 2.42. The molecule has 2 saturated heterocycles. The maximum absolute atomic E-state index is 9.07. The molecule has 88 valence electrons. The van der Waals surface area contributed by atoms with Crippen LogP contribution in [0.3, 0.4) is 0 Å². The molecule has 2 fully saturated rings. The summed E-state index contributed by atoms with van der Waals surface area (Å²) in [6.45, 7) is 0.346. The van der Waals surface area contributed by atoms with Crippen LogP contribution in [0, 0.1) is 0 Å². The highest BCUT2D eigenvalue weighted by Gasteiger charge is 2.31. The number of rotatable bonds is 4. The maximum Gasteiger partial charge on any atom is 0.0558 e. The Balaban J connectivity index is 1.70. The van der Waals surface area contributed by atoms with Crippen LogP contribution in [0.15, 0.2) is 0 Å². The lowest BCUT2D eigenvalue weighted by atomic mass is 10.5. The molecule has 0 aliphatic carbocycles. The maximum atomic E-state index is 9.07. The zero-order valence-corrected chi connectivity index (χ0v) is 12.5. The Bertz CT molecular complexity index is 183. The van der Waals surface area contributed by atoms with Crippen molar-refractivity contribution in [1.29, 1.82) is 0 Å². The van der Waals surface area contributed by atoms with Crippen molar-refractivity contribution >= 4 is 59.7 Å². The first-order valence-electron chi connectivity index (χ1n) is 5.07. The van der Waals surface area contributed by atoms with Gasteiger partial charge in [0.1, 0.15) is 0 Å². The second-order valence-electron chi connectivity index (χ2n) is 3.64. The van der Waals surface area contributed by atoms with Crippen LogP contribution in [0.2, 0.25) is 0 Å². The fourth-order valence-electron chi connectivity index (χ4n) is 1.61. The molecule has 1 N–H and O–H groups in total. The fraction of sp³-hybridized carbons (Fsp3) is 1.00. The minimum atomic E-state index is 0.346. The molecule has 0 radical (unpaired) electrons. The van der Waals surface area contributed by atoms with Gasteiger partial charge in [-0.2, -0.15) is 12.6 Å². The van der Waals surface area contributed by atoms with Gasteiger partial charge >= 0.3 is 0 Å². The van der Waals surface area contributed by atoms with Crippen LogP contribution in [-0.2, 0) is 0 Å². The molecule has 6 heteroatoms. The Labute approximate surface area is 114 Å². The number of hydrogen-bond acceptors (Lipinski definition) is 6. The molecule has 4 atom stereocenters. The Morgan fingerprint density at radius 3 is 2.13 bits per heavy atom. The van der Waals surface area contributed by atoms with Crippen molar-refractivity contribution in [3.8, 4) is 0 Å². The first-order chi connectivity index (χ1) is 7.31. The van der Waals surface area contributed by atoms with E-state index in [9.17, 15) is 0 Å². The molecule has 0 saturated carbocycles. The molecule has 2 aliphatic heterocycles. The second-order valence-corrected chi connectivity index (χ2v) is 10.1. The van der Waals surface area contributed by atoms with E-state index in [2.05, 4.69) is 36.2 Å². The lowest BCUT2D eigenvalue weighted by molar-refractivity contribution is 0.301. The van der Waals surface area contributed by atoms with E-state index in [1.165, 1.54) is 12.2 Å². The summed E-state index contributed by atoms with van der Waals surface area (Å²) < 4.78 is 1.48. The van der Waals surface area contributed by atoms with Gasteiger partial charge in [0.25, 0.3) is 0 Å². The van der Waals surface area contributed by atoms with Gasteiger partial charge in [0.2, 0.25) is 0 Å². The van der Waals surface area contributed by atoms with E-state index in [0.717, 1.165) is 21.3 Å². The molecule has 0 aromatic rings. The van der Waals surface area contributed by atoms with Crippen molar-refractivity contribution in [2.75, 3.05) is 23.9 Å². The van der Waals surface area contributed by atoms with E-state index >= 15 is 0 Å². The smallest absolute Gasteiger partial charge is 0.0558 e. The van der Waals surface area contributed by atoms with Crippen molar-refractivity contribution in [2.45, 2.75) is 26.1 Å². The SMILES string of the molecule is OCC1CSC(CC2SCC(CS)S2)S1. The molecule has 0 spiro atoms. The van der Waals surface area contributed by atoms with Crippen LogP contribution in [0.4, 0.5) is 0 Å². The zero-order valence-electron chi connectivity index (χ0n) is 8.37. The van der Waals surface area contributed by atoms with E-state index in [-0.39, 0.29) is 0 Å². The topological polar surface area (TPSA) is 20.2 Å². The van der Waals surface area contributed by atoms with Crippen LogP contribution in [0.5, 0.6) is 0 Å². The van der Waals surface area contributed by atoms with Gasteiger partial charge in [0.05, 0.1) is 15.8 Å².